The number of benzene rings is 2. The van der Waals surface area contributed by atoms with E-state index in [-0.39, 0.29) is 17.9 Å². The lowest BCUT2D eigenvalue weighted by Crippen LogP contribution is -2.38. The summed E-state index contributed by atoms with van der Waals surface area (Å²) in [4.78, 5) is 14.5. The van der Waals surface area contributed by atoms with Gasteiger partial charge in [-0.2, -0.15) is 0 Å². The Bertz CT molecular complexity index is 685. The van der Waals surface area contributed by atoms with Gasteiger partial charge in [0.25, 0.3) is 0 Å². The first-order valence-electron chi connectivity index (χ1n) is 7.80. The van der Waals surface area contributed by atoms with Gasteiger partial charge in [-0.1, -0.05) is 67.6 Å². The zero-order valence-electron chi connectivity index (χ0n) is 12.6. The van der Waals surface area contributed by atoms with Crippen LogP contribution in [0.3, 0.4) is 0 Å². The summed E-state index contributed by atoms with van der Waals surface area (Å²) >= 11 is 0. The molecule has 4 rings (SSSR count). The van der Waals surface area contributed by atoms with Crippen LogP contribution < -0.4 is 0 Å². The maximum atomic E-state index is 12.6. The Morgan fingerprint density at radius 1 is 1.05 bits per heavy atom. The van der Waals surface area contributed by atoms with E-state index in [1.165, 1.54) is 0 Å². The van der Waals surface area contributed by atoms with E-state index in [0.29, 0.717) is 6.54 Å². The molecule has 2 heterocycles. The van der Waals surface area contributed by atoms with Crippen molar-refractivity contribution < 1.29 is 9.53 Å². The summed E-state index contributed by atoms with van der Waals surface area (Å²) in [7, 11) is 0. The predicted molar refractivity (Wildman–Crippen MR) is 83.9 cm³/mol. The molecule has 3 heteroatoms. The Balaban J connectivity index is 1.76. The molecule has 0 saturated carbocycles. The smallest absolute Gasteiger partial charge is 0.228 e. The lowest BCUT2D eigenvalue weighted by atomic mass is 9.97. The molecule has 2 aromatic carbocycles. The molecule has 0 bridgehead atoms. The van der Waals surface area contributed by atoms with E-state index in [9.17, 15) is 4.79 Å². The molecule has 2 fully saturated rings. The second-order valence-corrected chi connectivity index (χ2v) is 6.22. The van der Waals surface area contributed by atoms with Gasteiger partial charge in [0.2, 0.25) is 5.91 Å². The third kappa shape index (κ3) is 1.89. The van der Waals surface area contributed by atoms with Gasteiger partial charge in [0.05, 0.1) is 6.54 Å². The fourth-order valence-electron chi connectivity index (χ4n) is 3.73. The summed E-state index contributed by atoms with van der Waals surface area (Å²) < 4.78 is 6.49. The summed E-state index contributed by atoms with van der Waals surface area (Å²) in [6.07, 6.45) is 0.664. The first-order chi connectivity index (χ1) is 10.7. The van der Waals surface area contributed by atoms with Crippen molar-refractivity contribution in [3.05, 3.63) is 71.8 Å². The molecule has 2 aliphatic heterocycles. The molecular formula is C19H19NO2. The van der Waals surface area contributed by atoms with Crippen molar-refractivity contribution in [3.8, 4) is 0 Å². The first kappa shape index (κ1) is 13.5. The number of carbonyl (C=O) groups is 1. The Hall–Kier alpha value is -2.13. The monoisotopic (exact) mass is 293 g/mol. The van der Waals surface area contributed by atoms with Crippen LogP contribution in [0.5, 0.6) is 0 Å². The minimum Gasteiger partial charge on any atom is -0.341 e. The van der Waals surface area contributed by atoms with Crippen molar-refractivity contribution in [2.75, 3.05) is 6.54 Å². The van der Waals surface area contributed by atoms with E-state index in [0.717, 1.165) is 17.5 Å². The summed E-state index contributed by atoms with van der Waals surface area (Å²) in [5.41, 5.74) is 1.61. The number of fused-ring (bicyclic) bond motifs is 1. The van der Waals surface area contributed by atoms with E-state index in [4.69, 9.17) is 4.74 Å². The molecule has 3 atom stereocenters. The van der Waals surface area contributed by atoms with E-state index in [1.54, 1.807) is 0 Å². The Kier molecular flexibility index (Phi) is 3.05. The molecule has 112 valence electrons. The van der Waals surface area contributed by atoms with Crippen molar-refractivity contribution in [3.63, 3.8) is 0 Å². The second-order valence-electron chi connectivity index (χ2n) is 6.22. The van der Waals surface area contributed by atoms with Crippen molar-refractivity contribution in [2.45, 2.75) is 25.2 Å². The molecule has 0 aliphatic carbocycles. The Morgan fingerprint density at radius 2 is 1.68 bits per heavy atom. The largest absolute Gasteiger partial charge is 0.341 e. The van der Waals surface area contributed by atoms with Gasteiger partial charge in [-0.3, -0.25) is 4.79 Å². The highest BCUT2D eigenvalue weighted by molar-refractivity contribution is 5.82. The van der Waals surface area contributed by atoms with Gasteiger partial charge in [0.1, 0.15) is 6.10 Å². The molecule has 0 radical (unpaired) electrons. The summed E-state index contributed by atoms with van der Waals surface area (Å²) in [5.74, 6) is 0.208. The zero-order valence-corrected chi connectivity index (χ0v) is 12.6. The van der Waals surface area contributed by atoms with Crippen LogP contribution in [0.1, 0.15) is 30.6 Å². The molecule has 2 aromatic rings. The SMILES string of the molecule is C[C@H]1C[C@@]2(c3ccccc3)O[C@H](c3ccccc3)CN2C1=O. The van der Waals surface area contributed by atoms with Gasteiger partial charge < -0.3 is 9.64 Å². The predicted octanol–water partition coefficient (Wildman–Crippen LogP) is 3.48. The zero-order chi connectivity index (χ0) is 15.2. The average Bonchev–Trinajstić information content (AvgIpc) is 3.06. The van der Waals surface area contributed by atoms with E-state index < -0.39 is 5.72 Å². The molecule has 0 unspecified atom stereocenters. The third-order valence-corrected chi connectivity index (χ3v) is 4.79. The van der Waals surface area contributed by atoms with Crippen LogP contribution in [-0.4, -0.2) is 17.4 Å². The van der Waals surface area contributed by atoms with Gasteiger partial charge >= 0.3 is 0 Å². The van der Waals surface area contributed by atoms with Gasteiger partial charge in [0.15, 0.2) is 5.72 Å². The van der Waals surface area contributed by atoms with Gasteiger partial charge in [-0.25, -0.2) is 0 Å². The number of ether oxygens (including phenoxy) is 1. The third-order valence-electron chi connectivity index (χ3n) is 4.79. The lowest BCUT2D eigenvalue weighted by Gasteiger charge is -2.31. The van der Waals surface area contributed by atoms with Crippen molar-refractivity contribution in [2.24, 2.45) is 5.92 Å². The average molecular weight is 293 g/mol. The Morgan fingerprint density at radius 3 is 2.36 bits per heavy atom. The number of hydrogen-bond donors (Lipinski definition) is 0. The molecule has 0 aromatic heterocycles. The molecule has 1 amide bonds. The van der Waals surface area contributed by atoms with E-state index >= 15 is 0 Å². The quantitative estimate of drug-likeness (QED) is 0.848. The number of carbonyl (C=O) groups excluding carboxylic acids is 1. The fourth-order valence-corrected chi connectivity index (χ4v) is 3.73. The number of amides is 1. The molecule has 2 aliphatic rings. The van der Waals surface area contributed by atoms with Gasteiger partial charge in [-0.05, 0) is 5.56 Å². The highest BCUT2D eigenvalue weighted by atomic mass is 16.5. The van der Waals surface area contributed by atoms with Crippen molar-refractivity contribution >= 4 is 5.91 Å². The number of rotatable bonds is 2. The van der Waals surface area contributed by atoms with Gasteiger partial charge in [-0.15, -0.1) is 0 Å². The standard InChI is InChI=1S/C19H19NO2/c1-14-12-19(16-10-6-3-7-11-16)20(18(14)21)13-17(22-19)15-8-4-2-5-9-15/h2-11,14,17H,12-13H2,1H3/t14-,17-,19-/m0/s1. The lowest BCUT2D eigenvalue weighted by molar-refractivity contribution is -0.140. The van der Waals surface area contributed by atoms with Crippen molar-refractivity contribution in [1.82, 2.24) is 4.90 Å². The van der Waals surface area contributed by atoms with Crippen LogP contribution >= 0.6 is 0 Å². The van der Waals surface area contributed by atoms with Crippen LogP contribution in [0, 0.1) is 5.92 Å². The highest BCUT2D eigenvalue weighted by Gasteiger charge is 2.57. The normalized spacial score (nSPS) is 30.6. The fraction of sp³-hybridized carbons (Fsp3) is 0.316. The summed E-state index contributed by atoms with van der Waals surface area (Å²) in [5, 5.41) is 0. The van der Waals surface area contributed by atoms with Crippen LogP contribution in [0.4, 0.5) is 0 Å². The molecule has 3 nitrogen and oxygen atoms in total. The second kappa shape index (κ2) is 4.96. The molecular weight excluding hydrogens is 274 g/mol. The molecule has 22 heavy (non-hydrogen) atoms. The number of nitrogens with zero attached hydrogens (tertiary/aromatic N) is 1. The van der Waals surface area contributed by atoms with Crippen molar-refractivity contribution in [1.29, 1.82) is 0 Å². The molecule has 0 spiro atoms. The highest BCUT2D eigenvalue weighted by Crippen LogP contribution is 2.51. The maximum absolute atomic E-state index is 12.6. The van der Waals surface area contributed by atoms with Crippen LogP contribution in [-0.2, 0) is 15.3 Å². The first-order valence-corrected chi connectivity index (χ1v) is 7.80. The summed E-state index contributed by atoms with van der Waals surface area (Å²) in [6.45, 7) is 2.62. The summed E-state index contributed by atoms with van der Waals surface area (Å²) in [6, 6.07) is 20.3. The molecule has 0 N–H and O–H groups in total. The maximum Gasteiger partial charge on any atom is 0.228 e. The van der Waals surface area contributed by atoms with Crippen LogP contribution in [0.2, 0.25) is 0 Å². The van der Waals surface area contributed by atoms with E-state index in [2.05, 4.69) is 24.3 Å². The molecule has 2 saturated heterocycles. The van der Waals surface area contributed by atoms with E-state index in [1.807, 2.05) is 48.2 Å². The minimum absolute atomic E-state index is 0.0110. The Labute approximate surface area is 130 Å². The van der Waals surface area contributed by atoms with Gasteiger partial charge in [0, 0.05) is 17.9 Å². The number of hydrogen-bond acceptors (Lipinski definition) is 2. The topological polar surface area (TPSA) is 29.5 Å². The van der Waals surface area contributed by atoms with Crippen LogP contribution in [0.15, 0.2) is 60.7 Å². The van der Waals surface area contributed by atoms with Crippen LogP contribution in [0.25, 0.3) is 0 Å². The minimum atomic E-state index is -0.599.